The van der Waals surface area contributed by atoms with Crippen LogP contribution >= 0.6 is 11.3 Å². The second-order valence-corrected chi connectivity index (χ2v) is 5.62. The van der Waals surface area contributed by atoms with Crippen molar-refractivity contribution in [2.24, 2.45) is 0 Å². The minimum absolute atomic E-state index is 0.836. The van der Waals surface area contributed by atoms with Gasteiger partial charge in [0, 0.05) is 4.88 Å². The van der Waals surface area contributed by atoms with Crippen LogP contribution in [-0.4, -0.2) is 9.97 Å². The summed E-state index contributed by atoms with van der Waals surface area (Å²) in [5.74, 6) is 0.865. The molecule has 0 saturated carbocycles. The molecule has 0 spiro atoms. The molecule has 0 aliphatic heterocycles. The molecule has 3 N–H and O–H groups in total. The molecule has 92 valence electrons. The van der Waals surface area contributed by atoms with E-state index in [1.54, 1.807) is 11.3 Å². The highest BCUT2D eigenvalue weighted by atomic mass is 32.1. The van der Waals surface area contributed by atoms with Gasteiger partial charge in [-0.15, -0.1) is 11.3 Å². The topological polar surface area (TPSA) is 54.7 Å². The van der Waals surface area contributed by atoms with Crippen LogP contribution in [0.1, 0.15) is 17.4 Å². The van der Waals surface area contributed by atoms with Gasteiger partial charge in [-0.1, -0.05) is 13.0 Å². The largest absolute Gasteiger partial charge is 0.390 e. The number of fused-ring (bicyclic) bond motifs is 1. The van der Waals surface area contributed by atoms with Gasteiger partial charge >= 0.3 is 0 Å². The molecule has 0 aliphatic rings. The van der Waals surface area contributed by atoms with Gasteiger partial charge in [-0.25, -0.2) is 4.98 Å². The zero-order chi connectivity index (χ0) is 12.7. The van der Waals surface area contributed by atoms with Crippen molar-refractivity contribution in [3.63, 3.8) is 0 Å². The van der Waals surface area contributed by atoms with E-state index in [9.17, 15) is 0 Å². The number of benzene rings is 1. The van der Waals surface area contributed by atoms with E-state index < -0.39 is 0 Å². The Morgan fingerprint density at radius 3 is 2.89 bits per heavy atom. The quantitative estimate of drug-likeness (QED) is 0.734. The molecule has 3 nitrogen and oxygen atoms in total. The number of thiophene rings is 1. The third-order valence-electron chi connectivity index (χ3n) is 3.05. The Morgan fingerprint density at radius 1 is 1.33 bits per heavy atom. The molecule has 2 heterocycles. The molecule has 4 heteroatoms. The van der Waals surface area contributed by atoms with Crippen molar-refractivity contribution in [3.8, 4) is 11.4 Å². The van der Waals surface area contributed by atoms with E-state index in [2.05, 4.69) is 42.0 Å². The average Bonchev–Trinajstić information content (AvgIpc) is 2.91. The third kappa shape index (κ3) is 1.78. The van der Waals surface area contributed by atoms with Crippen LogP contribution in [0.25, 0.3) is 22.4 Å². The molecule has 3 aromatic rings. The van der Waals surface area contributed by atoms with Crippen LogP contribution in [-0.2, 0) is 6.42 Å². The summed E-state index contributed by atoms with van der Waals surface area (Å²) in [4.78, 5) is 9.24. The maximum absolute atomic E-state index is 6.06. The molecule has 18 heavy (non-hydrogen) atoms. The van der Waals surface area contributed by atoms with E-state index in [1.807, 2.05) is 6.07 Å². The Kier molecular flexibility index (Phi) is 2.59. The number of nitrogens with one attached hydrogen (secondary N) is 1. The van der Waals surface area contributed by atoms with E-state index in [1.165, 1.54) is 10.4 Å². The first-order chi connectivity index (χ1) is 8.67. The first-order valence-electron chi connectivity index (χ1n) is 6.02. The number of H-pyrrole nitrogens is 1. The standard InChI is InChI=1S/C14H15N3S/c1-3-9-7-10(13(15)18-9)14-16-11-5-4-8(2)6-12(11)17-14/h4-7H,3,15H2,1-2H3,(H,16,17). The van der Waals surface area contributed by atoms with Crippen molar-refractivity contribution in [1.82, 2.24) is 9.97 Å². The van der Waals surface area contributed by atoms with Gasteiger partial charge in [-0.2, -0.15) is 0 Å². The van der Waals surface area contributed by atoms with Crippen LogP contribution in [0.5, 0.6) is 0 Å². The predicted octanol–water partition coefficient (Wildman–Crippen LogP) is 3.74. The van der Waals surface area contributed by atoms with Gasteiger partial charge < -0.3 is 10.7 Å². The number of rotatable bonds is 2. The fourth-order valence-electron chi connectivity index (χ4n) is 2.07. The van der Waals surface area contributed by atoms with Crippen molar-refractivity contribution >= 4 is 27.4 Å². The Bertz CT molecular complexity index is 709. The number of anilines is 1. The summed E-state index contributed by atoms with van der Waals surface area (Å²) in [5.41, 5.74) is 10.4. The summed E-state index contributed by atoms with van der Waals surface area (Å²) in [6.07, 6.45) is 1.01. The zero-order valence-corrected chi connectivity index (χ0v) is 11.3. The van der Waals surface area contributed by atoms with Crippen LogP contribution < -0.4 is 5.73 Å². The SMILES string of the molecule is CCc1cc(-c2nc3ccc(C)cc3[nH]2)c(N)s1. The molecule has 3 rings (SSSR count). The van der Waals surface area contributed by atoms with E-state index in [-0.39, 0.29) is 0 Å². The summed E-state index contributed by atoms with van der Waals surface area (Å²) in [6, 6.07) is 8.34. The van der Waals surface area contributed by atoms with Crippen molar-refractivity contribution in [3.05, 3.63) is 34.7 Å². The van der Waals surface area contributed by atoms with Crippen molar-refractivity contribution < 1.29 is 0 Å². The predicted molar refractivity (Wildman–Crippen MR) is 77.9 cm³/mol. The molecule has 0 aliphatic carbocycles. The molecule has 2 aromatic heterocycles. The second-order valence-electron chi connectivity index (χ2n) is 4.45. The normalized spacial score (nSPS) is 11.2. The zero-order valence-electron chi connectivity index (χ0n) is 10.4. The molecular weight excluding hydrogens is 242 g/mol. The lowest BCUT2D eigenvalue weighted by Crippen LogP contribution is -1.84. The van der Waals surface area contributed by atoms with Crippen LogP contribution in [0.3, 0.4) is 0 Å². The van der Waals surface area contributed by atoms with Gasteiger partial charge in [0.25, 0.3) is 0 Å². The van der Waals surface area contributed by atoms with Crippen LogP contribution in [0.2, 0.25) is 0 Å². The molecule has 0 saturated heterocycles. The highest BCUT2D eigenvalue weighted by Gasteiger charge is 2.11. The van der Waals surface area contributed by atoms with Gasteiger partial charge in [0.05, 0.1) is 21.6 Å². The summed E-state index contributed by atoms with van der Waals surface area (Å²) < 4.78 is 0. The van der Waals surface area contributed by atoms with Crippen LogP contribution in [0.4, 0.5) is 5.00 Å². The van der Waals surface area contributed by atoms with Crippen LogP contribution in [0.15, 0.2) is 24.3 Å². The fourth-order valence-corrected chi connectivity index (χ4v) is 2.94. The van der Waals surface area contributed by atoms with Gasteiger partial charge in [0.2, 0.25) is 0 Å². The van der Waals surface area contributed by atoms with Gasteiger partial charge in [-0.3, -0.25) is 0 Å². The fraction of sp³-hybridized carbons (Fsp3) is 0.214. The number of aromatic amines is 1. The Morgan fingerprint density at radius 2 is 2.17 bits per heavy atom. The van der Waals surface area contributed by atoms with Crippen molar-refractivity contribution in [2.75, 3.05) is 5.73 Å². The highest BCUT2D eigenvalue weighted by Crippen LogP contribution is 2.33. The lowest BCUT2D eigenvalue weighted by atomic mass is 10.2. The Balaban J connectivity index is 2.15. The number of nitrogen functional groups attached to an aromatic ring is 1. The Hall–Kier alpha value is -1.81. The van der Waals surface area contributed by atoms with Gasteiger partial charge in [0.1, 0.15) is 5.82 Å². The molecular formula is C14H15N3S. The van der Waals surface area contributed by atoms with Crippen molar-refractivity contribution in [1.29, 1.82) is 0 Å². The van der Waals surface area contributed by atoms with Gasteiger partial charge in [0.15, 0.2) is 0 Å². The maximum Gasteiger partial charge on any atom is 0.141 e. The number of nitrogens with zero attached hydrogens (tertiary/aromatic N) is 1. The van der Waals surface area contributed by atoms with E-state index in [0.29, 0.717) is 0 Å². The maximum atomic E-state index is 6.06. The first-order valence-corrected chi connectivity index (χ1v) is 6.84. The number of aryl methyl sites for hydroxylation is 2. The lowest BCUT2D eigenvalue weighted by Gasteiger charge is -1.92. The van der Waals surface area contributed by atoms with E-state index in [0.717, 1.165) is 33.8 Å². The van der Waals surface area contributed by atoms with E-state index >= 15 is 0 Å². The van der Waals surface area contributed by atoms with Crippen molar-refractivity contribution in [2.45, 2.75) is 20.3 Å². The minimum Gasteiger partial charge on any atom is -0.390 e. The summed E-state index contributed by atoms with van der Waals surface area (Å²) in [7, 11) is 0. The molecule has 0 bridgehead atoms. The average molecular weight is 257 g/mol. The second kappa shape index (κ2) is 4.14. The molecule has 1 aromatic carbocycles. The molecule has 0 amide bonds. The summed E-state index contributed by atoms with van der Waals surface area (Å²) in [5, 5.41) is 0.836. The van der Waals surface area contributed by atoms with E-state index in [4.69, 9.17) is 5.73 Å². The minimum atomic E-state index is 0.836. The Labute approximate surface area is 110 Å². The molecule has 0 fully saturated rings. The first kappa shape index (κ1) is 11.3. The lowest BCUT2D eigenvalue weighted by molar-refractivity contribution is 1.18. The number of hydrogen-bond acceptors (Lipinski definition) is 3. The number of imidazole rings is 1. The summed E-state index contributed by atoms with van der Waals surface area (Å²) >= 11 is 1.64. The third-order valence-corrected chi connectivity index (χ3v) is 4.16. The number of nitrogens with two attached hydrogens (primary N) is 1. The smallest absolute Gasteiger partial charge is 0.141 e. The monoisotopic (exact) mass is 257 g/mol. The molecule has 0 radical (unpaired) electrons. The molecule has 0 atom stereocenters. The molecule has 0 unspecified atom stereocenters. The number of aromatic nitrogens is 2. The summed E-state index contributed by atoms with van der Waals surface area (Å²) in [6.45, 7) is 4.21. The van der Waals surface area contributed by atoms with Gasteiger partial charge in [-0.05, 0) is 37.1 Å². The number of hydrogen-bond donors (Lipinski definition) is 2. The highest BCUT2D eigenvalue weighted by molar-refractivity contribution is 7.16. The van der Waals surface area contributed by atoms with Crippen LogP contribution in [0, 0.1) is 6.92 Å².